The van der Waals surface area contributed by atoms with Crippen LogP contribution in [0.2, 0.25) is 0 Å². The molecule has 22 heavy (non-hydrogen) atoms. The Morgan fingerprint density at radius 2 is 2.05 bits per heavy atom. The molecule has 0 spiro atoms. The highest BCUT2D eigenvalue weighted by Crippen LogP contribution is 2.31. The van der Waals surface area contributed by atoms with Crippen LogP contribution in [0.3, 0.4) is 0 Å². The Balaban J connectivity index is 0.00000176. The molecule has 3 nitrogen and oxygen atoms in total. The molecule has 116 valence electrons. The molecule has 3 aromatic rings. The van der Waals surface area contributed by atoms with Crippen LogP contribution in [-0.4, -0.2) is 18.6 Å². The molecule has 1 aromatic carbocycles. The van der Waals surface area contributed by atoms with Crippen LogP contribution in [-0.2, 0) is 0 Å². The number of para-hydroxylation sites is 1. The smallest absolute Gasteiger partial charge is 0.134 e. The van der Waals surface area contributed by atoms with E-state index in [0.717, 1.165) is 29.6 Å². The molecular weight excluding hydrogens is 312 g/mol. The predicted molar refractivity (Wildman–Crippen MR) is 98.4 cm³/mol. The van der Waals surface area contributed by atoms with Gasteiger partial charge in [-0.25, -0.2) is 0 Å². The third kappa shape index (κ3) is 3.80. The molecule has 0 radical (unpaired) electrons. The number of fused-ring (bicyclic) bond motifs is 1. The first-order chi connectivity index (χ1) is 10.4. The van der Waals surface area contributed by atoms with Crippen LogP contribution in [0.4, 0.5) is 0 Å². The van der Waals surface area contributed by atoms with Gasteiger partial charge in [-0.15, -0.1) is 11.3 Å². The van der Waals surface area contributed by atoms with Gasteiger partial charge in [0.15, 0.2) is 0 Å². The highest BCUT2D eigenvalue weighted by Gasteiger charge is 2.15. The molecule has 0 unspecified atom stereocenters. The summed E-state index contributed by atoms with van der Waals surface area (Å²) in [6.45, 7) is 0.922. The zero-order valence-corrected chi connectivity index (χ0v) is 14.3. The molecule has 0 amide bonds. The minimum Gasteiger partial charge on any atom is -0.484 e. The molecule has 5 heteroatoms. The van der Waals surface area contributed by atoms with Crippen molar-refractivity contribution >= 4 is 35.7 Å². The second kappa shape index (κ2) is 8.17. The van der Waals surface area contributed by atoms with E-state index >= 15 is 0 Å². The van der Waals surface area contributed by atoms with Crippen molar-refractivity contribution in [3.05, 3.63) is 58.9 Å². The van der Waals surface area contributed by atoms with Crippen molar-refractivity contribution in [2.24, 2.45) is 0 Å². The highest BCUT2D eigenvalue weighted by molar-refractivity contribution is 7.59. The third-order valence-electron chi connectivity index (χ3n) is 3.40. The summed E-state index contributed by atoms with van der Waals surface area (Å²) in [6.07, 6.45) is 2.82. The molecule has 0 aliphatic heterocycles. The lowest BCUT2D eigenvalue weighted by Gasteiger charge is -2.19. The van der Waals surface area contributed by atoms with Crippen molar-refractivity contribution in [3.8, 4) is 5.75 Å². The average molecular weight is 332 g/mol. The zero-order chi connectivity index (χ0) is 14.5. The minimum atomic E-state index is 0. The lowest BCUT2D eigenvalue weighted by molar-refractivity contribution is 0.201. The summed E-state index contributed by atoms with van der Waals surface area (Å²) in [5.41, 5.74) is 0.966. The number of hydrogen-bond acceptors (Lipinski definition) is 4. The van der Waals surface area contributed by atoms with Crippen molar-refractivity contribution in [2.45, 2.75) is 12.5 Å². The normalized spacial score (nSPS) is 11.9. The number of ether oxygens (including phenoxy) is 1. The van der Waals surface area contributed by atoms with Crippen LogP contribution in [0.1, 0.15) is 17.4 Å². The van der Waals surface area contributed by atoms with E-state index in [0.29, 0.717) is 0 Å². The number of aromatic nitrogens is 1. The van der Waals surface area contributed by atoms with E-state index in [-0.39, 0.29) is 19.6 Å². The van der Waals surface area contributed by atoms with Gasteiger partial charge in [0, 0.05) is 22.9 Å². The zero-order valence-electron chi connectivity index (χ0n) is 12.5. The van der Waals surface area contributed by atoms with Crippen molar-refractivity contribution in [3.63, 3.8) is 0 Å². The van der Waals surface area contributed by atoms with Gasteiger partial charge in [0.2, 0.25) is 0 Å². The SMILES string of the molecule is CNCC[C@H](Oc1ccnc2ccccc12)c1cccs1.S. The fraction of sp³-hybridized carbons (Fsp3) is 0.235. The van der Waals surface area contributed by atoms with Gasteiger partial charge >= 0.3 is 0 Å². The van der Waals surface area contributed by atoms with Crippen LogP contribution in [0.5, 0.6) is 5.75 Å². The second-order valence-corrected chi connectivity index (χ2v) is 5.82. The number of benzene rings is 1. The van der Waals surface area contributed by atoms with Gasteiger partial charge in [0.1, 0.15) is 11.9 Å². The first-order valence-electron chi connectivity index (χ1n) is 7.07. The van der Waals surface area contributed by atoms with Crippen LogP contribution in [0.25, 0.3) is 10.9 Å². The fourth-order valence-electron chi connectivity index (χ4n) is 2.33. The van der Waals surface area contributed by atoms with Crippen LogP contribution in [0, 0.1) is 0 Å². The van der Waals surface area contributed by atoms with Crippen molar-refractivity contribution in [1.29, 1.82) is 0 Å². The first-order valence-corrected chi connectivity index (χ1v) is 7.95. The minimum absolute atomic E-state index is 0. The van der Waals surface area contributed by atoms with E-state index < -0.39 is 0 Å². The van der Waals surface area contributed by atoms with Gasteiger partial charge in [0.25, 0.3) is 0 Å². The van der Waals surface area contributed by atoms with Gasteiger partial charge in [0.05, 0.1) is 5.52 Å². The fourth-order valence-corrected chi connectivity index (χ4v) is 3.12. The molecule has 0 aliphatic carbocycles. The first kappa shape index (κ1) is 16.8. The lowest BCUT2D eigenvalue weighted by atomic mass is 10.2. The van der Waals surface area contributed by atoms with E-state index in [1.54, 1.807) is 17.5 Å². The standard InChI is InChI=1S/C17H18N2OS.H2S/c1-18-10-8-16(17-7-4-12-21-17)20-15-9-11-19-14-6-3-2-5-13(14)15;/h2-7,9,11-12,16,18H,8,10H2,1H3;1H2/t16-;/m0./s1. The lowest BCUT2D eigenvalue weighted by Crippen LogP contribution is -2.15. The number of nitrogens with zero attached hydrogens (tertiary/aromatic N) is 1. The second-order valence-electron chi connectivity index (χ2n) is 4.84. The van der Waals surface area contributed by atoms with Gasteiger partial charge in [-0.05, 0) is 43.2 Å². The van der Waals surface area contributed by atoms with Crippen molar-refractivity contribution in [2.75, 3.05) is 13.6 Å². The van der Waals surface area contributed by atoms with E-state index in [1.165, 1.54) is 4.88 Å². The summed E-state index contributed by atoms with van der Waals surface area (Å²) in [7, 11) is 1.97. The van der Waals surface area contributed by atoms with Crippen LogP contribution < -0.4 is 10.1 Å². The van der Waals surface area contributed by atoms with Crippen molar-refractivity contribution < 1.29 is 4.74 Å². The molecule has 0 bridgehead atoms. The summed E-state index contributed by atoms with van der Waals surface area (Å²) in [4.78, 5) is 5.64. The molecule has 0 saturated carbocycles. The highest BCUT2D eigenvalue weighted by atomic mass is 32.1. The Hall–Kier alpha value is -1.56. The summed E-state index contributed by atoms with van der Waals surface area (Å²) >= 11 is 1.74. The summed E-state index contributed by atoms with van der Waals surface area (Å²) in [5, 5.41) is 6.35. The van der Waals surface area contributed by atoms with Crippen LogP contribution >= 0.6 is 24.8 Å². The molecule has 0 aliphatic rings. The Morgan fingerprint density at radius 1 is 1.18 bits per heavy atom. The topological polar surface area (TPSA) is 34.1 Å². The molecule has 2 aromatic heterocycles. The monoisotopic (exact) mass is 332 g/mol. The molecule has 1 N–H and O–H groups in total. The third-order valence-corrected chi connectivity index (χ3v) is 4.36. The number of nitrogens with one attached hydrogen (secondary N) is 1. The van der Waals surface area contributed by atoms with Gasteiger partial charge < -0.3 is 10.1 Å². The predicted octanol–water partition coefficient (Wildman–Crippen LogP) is 4.14. The summed E-state index contributed by atoms with van der Waals surface area (Å²) in [5.74, 6) is 0.898. The maximum Gasteiger partial charge on any atom is 0.134 e. The molecule has 3 rings (SSSR count). The molecular formula is C17H20N2OS2. The van der Waals surface area contributed by atoms with E-state index in [2.05, 4.69) is 33.9 Å². The number of rotatable bonds is 6. The number of thiophene rings is 1. The van der Waals surface area contributed by atoms with E-state index in [4.69, 9.17) is 4.74 Å². The van der Waals surface area contributed by atoms with Crippen LogP contribution in [0.15, 0.2) is 54.0 Å². The molecule has 0 saturated heterocycles. The Labute approximate surface area is 141 Å². The van der Waals surface area contributed by atoms with Gasteiger partial charge in [-0.3, -0.25) is 4.98 Å². The van der Waals surface area contributed by atoms with Gasteiger partial charge in [-0.1, -0.05) is 18.2 Å². The largest absolute Gasteiger partial charge is 0.484 e. The number of hydrogen-bond donors (Lipinski definition) is 1. The quantitative estimate of drug-likeness (QED) is 0.737. The van der Waals surface area contributed by atoms with E-state index in [1.807, 2.05) is 31.3 Å². The Bertz CT molecular complexity index is 695. The summed E-state index contributed by atoms with van der Waals surface area (Å²) < 4.78 is 6.30. The molecule has 1 atom stereocenters. The van der Waals surface area contributed by atoms with Gasteiger partial charge in [-0.2, -0.15) is 13.5 Å². The summed E-state index contributed by atoms with van der Waals surface area (Å²) in [6, 6.07) is 14.2. The maximum absolute atomic E-state index is 6.30. The maximum atomic E-state index is 6.30. The molecule has 0 fully saturated rings. The van der Waals surface area contributed by atoms with E-state index in [9.17, 15) is 0 Å². The van der Waals surface area contributed by atoms with Crippen molar-refractivity contribution in [1.82, 2.24) is 10.3 Å². The Kier molecular flexibility index (Phi) is 6.24. The average Bonchev–Trinajstić information content (AvgIpc) is 3.06. The number of pyridine rings is 1. The Morgan fingerprint density at radius 3 is 2.82 bits per heavy atom. The molecule has 2 heterocycles.